The summed E-state index contributed by atoms with van der Waals surface area (Å²) in [5, 5.41) is 15.7. The van der Waals surface area contributed by atoms with Gasteiger partial charge in [0.1, 0.15) is 17.2 Å². The highest BCUT2D eigenvalue weighted by Crippen LogP contribution is 2.29. The Bertz CT molecular complexity index is 545. The van der Waals surface area contributed by atoms with Gasteiger partial charge in [0.15, 0.2) is 0 Å². The predicted octanol–water partition coefficient (Wildman–Crippen LogP) is 2.66. The van der Waals surface area contributed by atoms with Gasteiger partial charge in [-0.1, -0.05) is 12.5 Å². The molecule has 2 amide bonds. The zero-order valence-electron chi connectivity index (χ0n) is 12.8. The number of hydrogen-bond donors (Lipinski definition) is 3. The van der Waals surface area contributed by atoms with Crippen LogP contribution < -0.4 is 10.6 Å². The van der Waals surface area contributed by atoms with Gasteiger partial charge in [0.25, 0.3) is 0 Å². The molecule has 1 fully saturated rings. The highest BCUT2D eigenvalue weighted by atomic mass is 19.1. The molecule has 2 rings (SSSR count). The van der Waals surface area contributed by atoms with Gasteiger partial charge in [0, 0.05) is 17.7 Å². The molecule has 0 aromatic heterocycles. The van der Waals surface area contributed by atoms with Gasteiger partial charge in [-0.05, 0) is 38.7 Å². The fraction of sp³-hybridized carbons (Fsp3) is 0.562. The second-order valence-electron chi connectivity index (χ2n) is 6.20. The second-order valence-corrected chi connectivity index (χ2v) is 6.20. The van der Waals surface area contributed by atoms with Crippen LogP contribution in [0.4, 0.5) is 13.6 Å². The fourth-order valence-corrected chi connectivity index (χ4v) is 2.59. The van der Waals surface area contributed by atoms with Crippen molar-refractivity contribution < 1.29 is 18.7 Å². The molecule has 0 saturated heterocycles. The predicted molar refractivity (Wildman–Crippen MR) is 79.3 cm³/mol. The first-order valence-electron chi connectivity index (χ1n) is 7.52. The van der Waals surface area contributed by atoms with E-state index in [0.29, 0.717) is 12.0 Å². The van der Waals surface area contributed by atoms with Gasteiger partial charge in [-0.25, -0.2) is 13.6 Å². The zero-order valence-corrected chi connectivity index (χ0v) is 12.8. The Hall–Kier alpha value is -1.69. The third kappa shape index (κ3) is 3.94. The van der Waals surface area contributed by atoms with Crippen LogP contribution in [0.25, 0.3) is 0 Å². The molecule has 3 N–H and O–H groups in total. The van der Waals surface area contributed by atoms with Gasteiger partial charge in [0.05, 0.1) is 6.54 Å². The summed E-state index contributed by atoms with van der Waals surface area (Å²) < 4.78 is 26.6. The normalized spacial score (nSPS) is 19.0. The molecular formula is C16H22F2N2O2. The summed E-state index contributed by atoms with van der Waals surface area (Å²) in [6.45, 7) is 3.15. The molecule has 1 aliphatic carbocycles. The van der Waals surface area contributed by atoms with Crippen molar-refractivity contribution >= 4 is 6.03 Å². The van der Waals surface area contributed by atoms with Gasteiger partial charge in [-0.3, -0.25) is 0 Å². The summed E-state index contributed by atoms with van der Waals surface area (Å²) in [5.74, 6) is -1.05. The number of amides is 2. The molecule has 4 nitrogen and oxygen atoms in total. The molecule has 122 valence electrons. The maximum atomic E-state index is 13.7. The Balaban J connectivity index is 1.89. The number of rotatable bonds is 5. The molecule has 2 unspecified atom stereocenters. The molecule has 0 aliphatic heterocycles. The Morgan fingerprint density at radius 1 is 1.45 bits per heavy atom. The van der Waals surface area contributed by atoms with Crippen LogP contribution in [0.15, 0.2) is 18.2 Å². The maximum absolute atomic E-state index is 13.7. The van der Waals surface area contributed by atoms with E-state index in [-0.39, 0.29) is 18.2 Å². The van der Waals surface area contributed by atoms with Crippen molar-refractivity contribution in [1.29, 1.82) is 0 Å². The highest BCUT2D eigenvalue weighted by molar-refractivity contribution is 5.74. The van der Waals surface area contributed by atoms with Crippen molar-refractivity contribution in [3.05, 3.63) is 35.4 Å². The molecule has 6 heteroatoms. The maximum Gasteiger partial charge on any atom is 0.315 e. The number of aliphatic hydroxyl groups is 1. The fourth-order valence-electron chi connectivity index (χ4n) is 2.59. The van der Waals surface area contributed by atoms with E-state index in [9.17, 15) is 18.7 Å². The van der Waals surface area contributed by atoms with Crippen LogP contribution in [0.2, 0.25) is 0 Å². The highest BCUT2D eigenvalue weighted by Gasteiger charge is 2.29. The average Bonchev–Trinajstić information content (AvgIpc) is 2.33. The minimum absolute atomic E-state index is 0.0544. The first kappa shape index (κ1) is 16.7. The lowest BCUT2D eigenvalue weighted by atomic mass is 9.80. The molecular weight excluding hydrogens is 290 g/mol. The lowest BCUT2D eigenvalue weighted by molar-refractivity contribution is 0.0552. The number of halogens is 2. The molecule has 1 aliphatic rings. The Kier molecular flexibility index (Phi) is 5.01. The first-order chi connectivity index (χ1) is 10.3. The number of benzene rings is 1. The quantitative estimate of drug-likeness (QED) is 0.783. The van der Waals surface area contributed by atoms with Crippen molar-refractivity contribution in [2.45, 2.75) is 44.8 Å². The van der Waals surface area contributed by atoms with Crippen LogP contribution in [0.3, 0.4) is 0 Å². The smallest absolute Gasteiger partial charge is 0.315 e. The summed E-state index contributed by atoms with van der Waals surface area (Å²) in [6, 6.07) is 2.64. The molecule has 1 aromatic carbocycles. The van der Waals surface area contributed by atoms with E-state index in [1.165, 1.54) is 19.4 Å². The summed E-state index contributed by atoms with van der Waals surface area (Å²) in [5.41, 5.74) is -1.67. The van der Waals surface area contributed by atoms with Crippen LogP contribution in [-0.2, 0) is 5.60 Å². The summed E-state index contributed by atoms with van der Waals surface area (Å²) in [6.07, 6.45) is 3.41. The zero-order chi connectivity index (χ0) is 16.3. The SMILES string of the molecule is CC(NC(=O)NCC(C)(O)c1ccc(F)cc1F)C1CCC1. The Morgan fingerprint density at radius 2 is 2.14 bits per heavy atom. The molecule has 1 saturated carbocycles. The van der Waals surface area contributed by atoms with Gasteiger partial charge in [-0.15, -0.1) is 0 Å². The number of nitrogens with one attached hydrogen (secondary N) is 2. The summed E-state index contributed by atoms with van der Waals surface area (Å²) in [7, 11) is 0. The van der Waals surface area contributed by atoms with Crippen molar-refractivity contribution in [2.75, 3.05) is 6.54 Å². The van der Waals surface area contributed by atoms with Gasteiger partial charge in [-0.2, -0.15) is 0 Å². The first-order valence-corrected chi connectivity index (χ1v) is 7.52. The lowest BCUT2D eigenvalue weighted by Gasteiger charge is -2.32. The number of urea groups is 1. The molecule has 0 spiro atoms. The second kappa shape index (κ2) is 6.60. The third-order valence-electron chi connectivity index (χ3n) is 4.32. The van der Waals surface area contributed by atoms with Gasteiger partial charge < -0.3 is 15.7 Å². The average molecular weight is 312 g/mol. The van der Waals surface area contributed by atoms with E-state index in [1.807, 2.05) is 6.92 Å². The topological polar surface area (TPSA) is 61.4 Å². The largest absolute Gasteiger partial charge is 0.383 e. The molecule has 1 aromatic rings. The van der Waals surface area contributed by atoms with E-state index in [2.05, 4.69) is 10.6 Å². The molecule has 0 radical (unpaired) electrons. The van der Waals surface area contributed by atoms with Gasteiger partial charge >= 0.3 is 6.03 Å². The summed E-state index contributed by atoms with van der Waals surface area (Å²) in [4.78, 5) is 11.8. The van der Waals surface area contributed by atoms with Gasteiger partial charge in [0.2, 0.25) is 0 Å². The van der Waals surface area contributed by atoms with Crippen LogP contribution in [0.5, 0.6) is 0 Å². The minimum Gasteiger partial charge on any atom is -0.383 e. The standard InChI is InChI=1S/C16H22F2N2O2/c1-10(11-4-3-5-11)20-15(21)19-9-16(2,22)13-7-6-12(17)8-14(13)18/h6-8,10-11,22H,3-5,9H2,1-2H3,(H2,19,20,21). The van der Waals surface area contributed by atoms with Crippen LogP contribution in [0.1, 0.15) is 38.7 Å². The molecule has 0 bridgehead atoms. The van der Waals surface area contributed by atoms with E-state index in [0.717, 1.165) is 18.9 Å². The van der Waals surface area contributed by atoms with E-state index in [1.54, 1.807) is 0 Å². The van der Waals surface area contributed by atoms with Crippen molar-refractivity contribution in [1.82, 2.24) is 10.6 Å². The van der Waals surface area contributed by atoms with Crippen molar-refractivity contribution in [2.24, 2.45) is 5.92 Å². The summed E-state index contributed by atoms with van der Waals surface area (Å²) >= 11 is 0. The van der Waals surface area contributed by atoms with E-state index < -0.39 is 23.3 Å². The van der Waals surface area contributed by atoms with Crippen molar-refractivity contribution in [3.8, 4) is 0 Å². The van der Waals surface area contributed by atoms with E-state index in [4.69, 9.17) is 0 Å². The minimum atomic E-state index is -1.62. The number of carbonyl (C=O) groups is 1. The Morgan fingerprint density at radius 3 is 2.68 bits per heavy atom. The Labute approximate surface area is 128 Å². The van der Waals surface area contributed by atoms with Crippen LogP contribution in [0, 0.1) is 17.6 Å². The molecule has 22 heavy (non-hydrogen) atoms. The molecule has 2 atom stereocenters. The molecule has 0 heterocycles. The van der Waals surface area contributed by atoms with Crippen LogP contribution >= 0.6 is 0 Å². The number of hydrogen-bond acceptors (Lipinski definition) is 2. The monoisotopic (exact) mass is 312 g/mol. The number of carbonyl (C=O) groups excluding carboxylic acids is 1. The van der Waals surface area contributed by atoms with E-state index >= 15 is 0 Å². The van der Waals surface area contributed by atoms with Crippen molar-refractivity contribution in [3.63, 3.8) is 0 Å². The third-order valence-corrected chi connectivity index (χ3v) is 4.32. The lowest BCUT2D eigenvalue weighted by Crippen LogP contribution is -2.49. The van der Waals surface area contributed by atoms with Crippen LogP contribution in [-0.4, -0.2) is 23.7 Å².